The molecule has 0 saturated carbocycles. The molecule has 0 aliphatic heterocycles. The molecule has 1 aromatic rings. The number of H-pyrrole nitrogens is 1. The smallest absolute Gasteiger partial charge is 0.273 e. The first-order valence-corrected chi connectivity index (χ1v) is 7.53. The Labute approximate surface area is 113 Å². The summed E-state index contributed by atoms with van der Waals surface area (Å²) in [5.41, 5.74) is -0.304. The van der Waals surface area contributed by atoms with Crippen molar-refractivity contribution >= 4 is 15.9 Å². The summed E-state index contributed by atoms with van der Waals surface area (Å²) in [4.78, 5) is 11.8. The van der Waals surface area contributed by atoms with Crippen molar-refractivity contribution in [1.29, 1.82) is 0 Å². The van der Waals surface area contributed by atoms with E-state index in [1.807, 2.05) is 6.92 Å². The topological polar surface area (TPSA) is 118 Å². The van der Waals surface area contributed by atoms with Crippen LogP contribution in [0, 0.1) is 0 Å². The summed E-state index contributed by atoms with van der Waals surface area (Å²) >= 11 is 0. The first-order valence-electron chi connectivity index (χ1n) is 5.99. The van der Waals surface area contributed by atoms with Crippen molar-refractivity contribution in [2.45, 2.75) is 51.0 Å². The number of aryl methyl sites for hydroxylation is 1. The number of primary sulfonamides is 1. The van der Waals surface area contributed by atoms with Gasteiger partial charge in [0.2, 0.25) is 10.0 Å². The number of aromatic nitrogens is 2. The average molecular weight is 288 g/mol. The van der Waals surface area contributed by atoms with Gasteiger partial charge in [0.15, 0.2) is 5.69 Å². The number of carbonyl (C=O) groups is 1. The lowest BCUT2D eigenvalue weighted by Crippen LogP contribution is -2.41. The summed E-state index contributed by atoms with van der Waals surface area (Å²) in [5.74, 6) is -0.560. The van der Waals surface area contributed by atoms with Gasteiger partial charge in [-0.05, 0) is 27.2 Å². The molecule has 19 heavy (non-hydrogen) atoms. The van der Waals surface area contributed by atoms with Crippen molar-refractivity contribution in [3.8, 4) is 0 Å². The molecule has 8 heteroatoms. The second-order valence-electron chi connectivity index (χ2n) is 5.38. The molecule has 0 saturated heterocycles. The van der Waals surface area contributed by atoms with Gasteiger partial charge in [0, 0.05) is 5.54 Å². The zero-order valence-corrected chi connectivity index (χ0v) is 12.4. The van der Waals surface area contributed by atoms with Crippen LogP contribution >= 0.6 is 0 Å². The maximum atomic E-state index is 12.0. The number of hydrogen-bond donors (Lipinski definition) is 3. The van der Waals surface area contributed by atoms with Crippen LogP contribution in [0.15, 0.2) is 4.90 Å². The van der Waals surface area contributed by atoms with Crippen molar-refractivity contribution in [3.63, 3.8) is 0 Å². The van der Waals surface area contributed by atoms with E-state index in [1.54, 1.807) is 20.8 Å². The predicted molar refractivity (Wildman–Crippen MR) is 71.2 cm³/mol. The third-order valence-electron chi connectivity index (χ3n) is 2.28. The fourth-order valence-corrected chi connectivity index (χ4v) is 2.55. The number of nitrogens with one attached hydrogen (secondary N) is 2. The van der Waals surface area contributed by atoms with Crippen molar-refractivity contribution in [1.82, 2.24) is 15.5 Å². The number of rotatable bonds is 4. The van der Waals surface area contributed by atoms with Crippen LogP contribution in [0.25, 0.3) is 0 Å². The molecular formula is C11H20N4O3S. The van der Waals surface area contributed by atoms with Crippen LogP contribution in [0.1, 0.15) is 50.3 Å². The number of carbonyl (C=O) groups excluding carboxylic acids is 1. The maximum Gasteiger partial charge on any atom is 0.273 e. The normalized spacial score (nSPS) is 12.5. The molecule has 0 spiro atoms. The molecule has 7 nitrogen and oxygen atoms in total. The van der Waals surface area contributed by atoms with Crippen LogP contribution in [0.4, 0.5) is 0 Å². The Hall–Kier alpha value is -1.41. The Morgan fingerprint density at radius 1 is 1.42 bits per heavy atom. The number of hydrogen-bond acceptors (Lipinski definition) is 4. The van der Waals surface area contributed by atoms with Crippen molar-refractivity contribution in [2.75, 3.05) is 0 Å². The van der Waals surface area contributed by atoms with Gasteiger partial charge in [0.25, 0.3) is 5.91 Å². The average Bonchev–Trinajstić information content (AvgIpc) is 2.58. The van der Waals surface area contributed by atoms with Crippen LogP contribution < -0.4 is 10.5 Å². The molecule has 0 fully saturated rings. The lowest BCUT2D eigenvalue weighted by molar-refractivity contribution is 0.0911. The van der Waals surface area contributed by atoms with Gasteiger partial charge in [0.05, 0.1) is 5.69 Å². The number of nitrogens with two attached hydrogens (primary N) is 1. The van der Waals surface area contributed by atoms with E-state index in [0.717, 1.165) is 0 Å². The Balaban J connectivity index is 3.26. The van der Waals surface area contributed by atoms with Crippen LogP contribution in [0.5, 0.6) is 0 Å². The third-order valence-corrected chi connectivity index (χ3v) is 3.29. The zero-order chi connectivity index (χ0) is 14.8. The van der Waals surface area contributed by atoms with Gasteiger partial charge in [0.1, 0.15) is 4.90 Å². The maximum absolute atomic E-state index is 12.0. The van der Waals surface area contributed by atoms with Gasteiger partial charge >= 0.3 is 0 Å². The van der Waals surface area contributed by atoms with Crippen molar-refractivity contribution in [3.05, 3.63) is 11.4 Å². The van der Waals surface area contributed by atoms with E-state index in [2.05, 4.69) is 15.5 Å². The molecule has 0 aromatic carbocycles. The Morgan fingerprint density at radius 2 is 2.00 bits per heavy atom. The van der Waals surface area contributed by atoms with E-state index in [1.165, 1.54) is 0 Å². The molecule has 108 valence electrons. The Kier molecular flexibility index (Phi) is 4.36. The van der Waals surface area contributed by atoms with Gasteiger partial charge in [-0.15, -0.1) is 0 Å². The van der Waals surface area contributed by atoms with Crippen LogP contribution in [-0.4, -0.2) is 30.1 Å². The highest BCUT2D eigenvalue weighted by Gasteiger charge is 2.28. The first-order chi connectivity index (χ1) is 8.56. The van der Waals surface area contributed by atoms with Crippen molar-refractivity contribution in [2.24, 2.45) is 5.14 Å². The highest BCUT2D eigenvalue weighted by atomic mass is 32.2. The second-order valence-corrected chi connectivity index (χ2v) is 6.88. The van der Waals surface area contributed by atoms with Crippen LogP contribution in [0.2, 0.25) is 0 Å². The van der Waals surface area contributed by atoms with Crippen LogP contribution in [0.3, 0.4) is 0 Å². The minimum Gasteiger partial charge on any atom is -0.346 e. The molecule has 0 atom stereocenters. The lowest BCUT2D eigenvalue weighted by Gasteiger charge is -2.19. The summed E-state index contributed by atoms with van der Waals surface area (Å²) in [7, 11) is -4.00. The summed E-state index contributed by atoms with van der Waals surface area (Å²) in [6, 6.07) is 0. The number of sulfonamides is 1. The molecule has 0 radical (unpaired) electrons. The molecule has 1 aromatic heterocycles. The monoisotopic (exact) mass is 288 g/mol. The SMILES string of the molecule is CCCc1[nH]nc(C(=O)NC(C)(C)C)c1S(N)(=O)=O. The Morgan fingerprint density at radius 3 is 2.42 bits per heavy atom. The van der Waals surface area contributed by atoms with Gasteiger partial charge in [-0.1, -0.05) is 13.3 Å². The highest BCUT2D eigenvalue weighted by molar-refractivity contribution is 7.89. The van der Waals surface area contributed by atoms with E-state index < -0.39 is 21.5 Å². The fraction of sp³-hybridized carbons (Fsp3) is 0.636. The van der Waals surface area contributed by atoms with Gasteiger partial charge in [-0.2, -0.15) is 5.10 Å². The summed E-state index contributed by atoms with van der Waals surface area (Å²) in [6.45, 7) is 7.27. The van der Waals surface area contributed by atoms with Gasteiger partial charge in [-0.25, -0.2) is 13.6 Å². The number of nitrogens with zero attached hydrogens (tertiary/aromatic N) is 1. The number of aromatic amines is 1. The minimum absolute atomic E-state index is 0.180. The minimum atomic E-state index is -4.00. The van der Waals surface area contributed by atoms with E-state index in [4.69, 9.17) is 5.14 Å². The van der Waals surface area contributed by atoms with Gasteiger partial charge < -0.3 is 5.32 Å². The molecule has 1 amide bonds. The quantitative estimate of drug-likeness (QED) is 0.749. The number of amides is 1. The molecule has 0 aliphatic rings. The fourth-order valence-electron chi connectivity index (χ4n) is 1.65. The summed E-state index contributed by atoms with van der Waals surface area (Å²) < 4.78 is 23.2. The first kappa shape index (κ1) is 15.6. The third kappa shape index (κ3) is 4.03. The lowest BCUT2D eigenvalue weighted by atomic mass is 10.1. The van der Waals surface area contributed by atoms with E-state index >= 15 is 0 Å². The molecule has 0 bridgehead atoms. The highest BCUT2D eigenvalue weighted by Crippen LogP contribution is 2.19. The van der Waals surface area contributed by atoms with Crippen molar-refractivity contribution < 1.29 is 13.2 Å². The van der Waals surface area contributed by atoms with Crippen LogP contribution in [-0.2, 0) is 16.4 Å². The molecule has 0 unspecified atom stereocenters. The van der Waals surface area contributed by atoms with Gasteiger partial charge in [-0.3, -0.25) is 9.89 Å². The second kappa shape index (κ2) is 5.30. The van der Waals surface area contributed by atoms with E-state index in [-0.39, 0.29) is 10.6 Å². The predicted octanol–water partition coefficient (Wildman–Crippen LogP) is 0.538. The molecule has 1 rings (SSSR count). The zero-order valence-electron chi connectivity index (χ0n) is 11.6. The summed E-state index contributed by atoms with van der Waals surface area (Å²) in [6.07, 6.45) is 1.17. The molecule has 0 aliphatic carbocycles. The largest absolute Gasteiger partial charge is 0.346 e. The standard InChI is InChI=1S/C11H20N4O3S/c1-5-6-7-9(19(12,17)18)8(15-14-7)10(16)13-11(2,3)4/h5-6H2,1-4H3,(H,13,16)(H,14,15)(H2,12,17,18). The molecule has 4 N–H and O–H groups in total. The molecular weight excluding hydrogens is 268 g/mol. The summed E-state index contributed by atoms with van der Waals surface area (Å²) in [5, 5.41) is 14.2. The van der Waals surface area contributed by atoms with E-state index in [0.29, 0.717) is 18.5 Å². The molecule has 1 heterocycles. The van der Waals surface area contributed by atoms with E-state index in [9.17, 15) is 13.2 Å². The Bertz CT molecular complexity index is 569.